The Kier molecular flexibility index (Phi) is 5.06. The van der Waals surface area contributed by atoms with Crippen LogP contribution in [0.4, 0.5) is 5.69 Å². The minimum atomic E-state index is -0.167. The van der Waals surface area contributed by atoms with Gasteiger partial charge in [-0.3, -0.25) is 4.79 Å². The van der Waals surface area contributed by atoms with E-state index in [2.05, 4.69) is 12.1 Å². The van der Waals surface area contributed by atoms with Gasteiger partial charge in [-0.2, -0.15) is 0 Å². The van der Waals surface area contributed by atoms with E-state index in [0.717, 1.165) is 41.2 Å². The molecule has 0 aromatic heterocycles. The van der Waals surface area contributed by atoms with Crippen LogP contribution in [0.5, 0.6) is 11.5 Å². The van der Waals surface area contributed by atoms with E-state index in [9.17, 15) is 4.79 Å². The summed E-state index contributed by atoms with van der Waals surface area (Å²) in [5.74, 6) is 1.57. The quantitative estimate of drug-likeness (QED) is 0.744. The molecular formula is C23H27NO3. The number of carbonyl (C=O) groups is 1. The fraction of sp³-hybridized carbons (Fsp3) is 0.435. The van der Waals surface area contributed by atoms with Crippen molar-refractivity contribution in [1.29, 1.82) is 0 Å². The molecule has 0 radical (unpaired) electrons. The van der Waals surface area contributed by atoms with Crippen LogP contribution >= 0.6 is 0 Å². The van der Waals surface area contributed by atoms with Gasteiger partial charge in [0.2, 0.25) is 5.91 Å². The normalized spacial score (nSPS) is 19.4. The summed E-state index contributed by atoms with van der Waals surface area (Å²) in [6.45, 7) is 2.72. The lowest BCUT2D eigenvalue weighted by molar-refractivity contribution is -0.119. The highest BCUT2D eigenvalue weighted by Crippen LogP contribution is 2.42. The Morgan fingerprint density at radius 3 is 2.59 bits per heavy atom. The average molecular weight is 365 g/mol. The number of likely N-dealkylation sites (N-methyl/N-ethyl adjacent to an activating group) is 1. The average Bonchev–Trinajstić information content (AvgIpc) is 3.29. The topological polar surface area (TPSA) is 38.8 Å². The Morgan fingerprint density at radius 2 is 1.85 bits per heavy atom. The standard InChI is InChI=1S/C23H27NO3/c1-3-24-20-13-7-6-12-18(20)19(23(24)25)15-16-9-8-14-21(26-2)22(16)27-17-10-4-5-11-17/h6-9,12-14,17,19H,3-5,10-11,15H2,1-2H3/t19-/m0/s1. The summed E-state index contributed by atoms with van der Waals surface area (Å²) < 4.78 is 11.9. The number of hydrogen-bond acceptors (Lipinski definition) is 3. The van der Waals surface area contributed by atoms with Crippen molar-refractivity contribution < 1.29 is 14.3 Å². The lowest BCUT2D eigenvalue weighted by Crippen LogP contribution is -2.29. The van der Waals surface area contributed by atoms with Crippen LogP contribution in [0.2, 0.25) is 0 Å². The van der Waals surface area contributed by atoms with Gasteiger partial charge in [0.25, 0.3) is 0 Å². The number of rotatable bonds is 6. The second-order valence-corrected chi connectivity index (χ2v) is 7.37. The molecule has 4 heteroatoms. The van der Waals surface area contributed by atoms with Crippen LogP contribution in [0, 0.1) is 0 Å². The molecule has 0 bridgehead atoms. The van der Waals surface area contributed by atoms with Crippen LogP contribution in [0.3, 0.4) is 0 Å². The molecule has 4 nitrogen and oxygen atoms in total. The number of ether oxygens (including phenoxy) is 2. The van der Waals surface area contributed by atoms with Crippen LogP contribution in [-0.4, -0.2) is 25.7 Å². The second-order valence-electron chi connectivity index (χ2n) is 7.37. The van der Waals surface area contributed by atoms with Gasteiger partial charge in [-0.05, 0) is 62.3 Å². The van der Waals surface area contributed by atoms with Gasteiger partial charge in [0.15, 0.2) is 11.5 Å². The first-order chi connectivity index (χ1) is 13.2. The van der Waals surface area contributed by atoms with Gasteiger partial charge in [0, 0.05) is 12.2 Å². The smallest absolute Gasteiger partial charge is 0.234 e. The first kappa shape index (κ1) is 17.9. The lowest BCUT2D eigenvalue weighted by atomic mass is 9.92. The monoisotopic (exact) mass is 365 g/mol. The van der Waals surface area contributed by atoms with Gasteiger partial charge in [0.05, 0.1) is 19.1 Å². The Labute approximate surface area is 161 Å². The van der Waals surface area contributed by atoms with Gasteiger partial charge in [-0.15, -0.1) is 0 Å². The molecule has 1 aliphatic heterocycles. The van der Waals surface area contributed by atoms with Gasteiger partial charge >= 0.3 is 0 Å². The molecule has 142 valence electrons. The van der Waals surface area contributed by atoms with Gasteiger partial charge < -0.3 is 14.4 Å². The minimum absolute atomic E-state index is 0.167. The molecule has 2 aromatic rings. The molecule has 2 aromatic carbocycles. The second kappa shape index (κ2) is 7.63. The summed E-state index contributed by atoms with van der Waals surface area (Å²) in [5.41, 5.74) is 3.20. The summed E-state index contributed by atoms with van der Waals surface area (Å²) >= 11 is 0. The van der Waals surface area contributed by atoms with Gasteiger partial charge in [-0.25, -0.2) is 0 Å². The third-order valence-corrected chi connectivity index (χ3v) is 5.77. The van der Waals surface area contributed by atoms with E-state index in [1.54, 1.807) is 7.11 Å². The highest BCUT2D eigenvalue weighted by Gasteiger charge is 2.37. The predicted octanol–water partition coefficient (Wildman–Crippen LogP) is 4.71. The Hall–Kier alpha value is -2.49. The van der Waals surface area contributed by atoms with Crippen molar-refractivity contribution in [2.24, 2.45) is 0 Å². The highest BCUT2D eigenvalue weighted by molar-refractivity contribution is 6.05. The van der Waals surface area contributed by atoms with Crippen molar-refractivity contribution >= 4 is 11.6 Å². The number of fused-ring (bicyclic) bond motifs is 1. The van der Waals surface area contributed by atoms with Crippen LogP contribution in [0.25, 0.3) is 0 Å². The van der Waals surface area contributed by atoms with E-state index in [1.807, 2.05) is 42.2 Å². The van der Waals surface area contributed by atoms with E-state index in [4.69, 9.17) is 9.47 Å². The molecule has 0 N–H and O–H groups in total. The summed E-state index contributed by atoms with van der Waals surface area (Å²) in [6, 6.07) is 14.1. The van der Waals surface area contributed by atoms with Gasteiger partial charge in [-0.1, -0.05) is 30.3 Å². The van der Waals surface area contributed by atoms with E-state index in [1.165, 1.54) is 12.8 Å². The molecular weight excluding hydrogens is 338 g/mol. The Morgan fingerprint density at radius 1 is 1.07 bits per heavy atom. The number of carbonyl (C=O) groups excluding carboxylic acids is 1. The Balaban J connectivity index is 1.67. The fourth-order valence-corrected chi connectivity index (χ4v) is 4.40. The molecule has 1 amide bonds. The summed E-state index contributed by atoms with van der Waals surface area (Å²) in [5, 5.41) is 0. The number of anilines is 1. The maximum Gasteiger partial charge on any atom is 0.234 e. The zero-order valence-corrected chi connectivity index (χ0v) is 16.1. The molecule has 0 spiro atoms. The molecule has 4 rings (SSSR count). The van der Waals surface area contributed by atoms with E-state index >= 15 is 0 Å². The van der Waals surface area contributed by atoms with E-state index in [0.29, 0.717) is 13.0 Å². The fourth-order valence-electron chi connectivity index (χ4n) is 4.40. The molecule has 0 unspecified atom stereocenters. The third-order valence-electron chi connectivity index (χ3n) is 5.77. The maximum absolute atomic E-state index is 13.1. The van der Waals surface area contributed by atoms with Crippen molar-refractivity contribution in [3.05, 3.63) is 53.6 Å². The molecule has 2 aliphatic rings. The first-order valence-corrected chi connectivity index (χ1v) is 9.95. The molecule has 1 fully saturated rings. The summed E-state index contributed by atoms with van der Waals surface area (Å²) in [7, 11) is 1.68. The van der Waals surface area contributed by atoms with Crippen molar-refractivity contribution in [2.45, 2.75) is 51.0 Å². The SMILES string of the molecule is CCN1C(=O)[C@@H](Cc2cccc(OC)c2OC2CCCC2)c2ccccc21. The number of nitrogens with zero attached hydrogens (tertiary/aromatic N) is 1. The third kappa shape index (κ3) is 3.29. The summed E-state index contributed by atoms with van der Waals surface area (Å²) in [6.07, 6.45) is 5.49. The molecule has 1 atom stereocenters. The lowest BCUT2D eigenvalue weighted by Gasteiger charge is -2.21. The molecule has 1 heterocycles. The zero-order valence-electron chi connectivity index (χ0n) is 16.1. The number of benzene rings is 2. The number of para-hydroxylation sites is 2. The van der Waals surface area contributed by atoms with Crippen molar-refractivity contribution in [2.75, 3.05) is 18.6 Å². The van der Waals surface area contributed by atoms with Crippen LogP contribution in [0.15, 0.2) is 42.5 Å². The number of hydrogen-bond donors (Lipinski definition) is 0. The van der Waals surface area contributed by atoms with Gasteiger partial charge in [0.1, 0.15) is 0 Å². The number of amides is 1. The van der Waals surface area contributed by atoms with E-state index in [-0.39, 0.29) is 17.9 Å². The molecule has 27 heavy (non-hydrogen) atoms. The van der Waals surface area contributed by atoms with E-state index < -0.39 is 0 Å². The molecule has 1 aliphatic carbocycles. The Bertz CT molecular complexity index is 826. The minimum Gasteiger partial charge on any atom is -0.493 e. The van der Waals surface area contributed by atoms with Crippen molar-refractivity contribution in [1.82, 2.24) is 0 Å². The van der Waals surface area contributed by atoms with Crippen LogP contribution < -0.4 is 14.4 Å². The summed E-state index contributed by atoms with van der Waals surface area (Å²) in [4.78, 5) is 14.9. The van der Waals surface area contributed by atoms with Crippen molar-refractivity contribution in [3.63, 3.8) is 0 Å². The van der Waals surface area contributed by atoms with Crippen LogP contribution in [-0.2, 0) is 11.2 Å². The predicted molar refractivity (Wildman–Crippen MR) is 107 cm³/mol. The van der Waals surface area contributed by atoms with Crippen molar-refractivity contribution in [3.8, 4) is 11.5 Å². The molecule has 0 saturated heterocycles. The highest BCUT2D eigenvalue weighted by atomic mass is 16.5. The zero-order chi connectivity index (χ0) is 18.8. The molecule has 1 saturated carbocycles. The first-order valence-electron chi connectivity index (χ1n) is 9.95. The van der Waals surface area contributed by atoms with Crippen LogP contribution in [0.1, 0.15) is 49.7 Å². The largest absolute Gasteiger partial charge is 0.493 e. The number of methoxy groups -OCH3 is 1. The maximum atomic E-state index is 13.1.